The second-order valence-corrected chi connectivity index (χ2v) is 3.41. The van der Waals surface area contributed by atoms with E-state index in [0.717, 1.165) is 0 Å². The van der Waals surface area contributed by atoms with Crippen molar-refractivity contribution in [2.75, 3.05) is 5.73 Å². The maximum atomic E-state index is 11.0. The van der Waals surface area contributed by atoms with Crippen molar-refractivity contribution in [3.63, 3.8) is 0 Å². The van der Waals surface area contributed by atoms with Gasteiger partial charge >= 0.3 is 5.97 Å². The van der Waals surface area contributed by atoms with Crippen LogP contribution in [0.5, 0.6) is 0 Å². The number of aromatic carboxylic acids is 1. The third-order valence-electron chi connectivity index (χ3n) is 2.05. The van der Waals surface area contributed by atoms with Crippen LogP contribution in [0.2, 0.25) is 5.02 Å². The van der Waals surface area contributed by atoms with Crippen molar-refractivity contribution in [3.05, 3.63) is 16.3 Å². The summed E-state index contributed by atoms with van der Waals surface area (Å²) in [5.74, 6) is -1.000. The molecule has 6 nitrogen and oxygen atoms in total. The zero-order chi connectivity index (χ0) is 11.2. The average Bonchev–Trinajstić information content (AvgIpc) is 2.49. The Hall–Kier alpha value is -1.82. The Kier molecular flexibility index (Phi) is 2.01. The van der Waals surface area contributed by atoms with E-state index in [-0.39, 0.29) is 27.4 Å². The Labute approximate surface area is 89.1 Å². The molecule has 0 aliphatic heterocycles. The van der Waals surface area contributed by atoms with Crippen LogP contribution in [-0.2, 0) is 0 Å². The number of anilines is 1. The highest BCUT2D eigenvalue weighted by molar-refractivity contribution is 6.36. The molecule has 7 heteroatoms. The van der Waals surface area contributed by atoms with E-state index in [0.29, 0.717) is 5.69 Å². The number of aromatic nitrogens is 3. The van der Waals surface area contributed by atoms with Crippen LogP contribution in [0.1, 0.15) is 16.1 Å². The molecule has 0 aromatic carbocycles. The SMILES string of the molecule is Cc1nc2n[nH]c(N)c2c(C(=O)O)c1Cl. The van der Waals surface area contributed by atoms with Gasteiger partial charge in [0.1, 0.15) is 5.82 Å². The first-order valence-corrected chi connectivity index (χ1v) is 4.43. The molecule has 0 amide bonds. The molecule has 0 saturated carbocycles. The van der Waals surface area contributed by atoms with Gasteiger partial charge in [0.05, 0.1) is 21.7 Å². The third-order valence-corrected chi connectivity index (χ3v) is 2.51. The molecule has 0 spiro atoms. The molecule has 0 aliphatic carbocycles. The van der Waals surface area contributed by atoms with Crippen molar-refractivity contribution >= 4 is 34.4 Å². The predicted octanol–water partition coefficient (Wildman–Crippen LogP) is 1.20. The summed E-state index contributed by atoms with van der Waals surface area (Å²) in [4.78, 5) is 15.1. The summed E-state index contributed by atoms with van der Waals surface area (Å²) in [6, 6.07) is 0. The summed E-state index contributed by atoms with van der Waals surface area (Å²) in [6.07, 6.45) is 0. The number of rotatable bonds is 1. The number of fused-ring (bicyclic) bond motifs is 1. The lowest BCUT2D eigenvalue weighted by Crippen LogP contribution is -2.02. The number of nitrogens with two attached hydrogens (primary N) is 1. The van der Waals surface area contributed by atoms with Crippen LogP contribution >= 0.6 is 11.6 Å². The quantitative estimate of drug-likeness (QED) is 0.678. The standard InChI is InChI=1S/C8H7ClN4O2/c1-2-5(9)3(8(14)15)4-6(10)12-13-7(4)11-2/h1H3,(H,14,15)(H3,10,11,12,13). The van der Waals surface area contributed by atoms with Gasteiger partial charge in [-0.3, -0.25) is 5.10 Å². The number of H-pyrrole nitrogens is 1. The molecule has 0 saturated heterocycles. The van der Waals surface area contributed by atoms with Crippen LogP contribution in [0.25, 0.3) is 11.0 Å². The lowest BCUT2D eigenvalue weighted by Gasteiger charge is -2.03. The Balaban J connectivity index is 2.99. The van der Waals surface area contributed by atoms with E-state index >= 15 is 0 Å². The van der Waals surface area contributed by atoms with Crippen LogP contribution < -0.4 is 5.73 Å². The van der Waals surface area contributed by atoms with Gasteiger partial charge in [0.2, 0.25) is 0 Å². The van der Waals surface area contributed by atoms with Crippen LogP contribution in [0, 0.1) is 6.92 Å². The first-order valence-electron chi connectivity index (χ1n) is 4.05. The van der Waals surface area contributed by atoms with Gasteiger partial charge in [-0.2, -0.15) is 5.10 Å². The van der Waals surface area contributed by atoms with Crippen molar-refractivity contribution in [1.82, 2.24) is 15.2 Å². The fraction of sp³-hybridized carbons (Fsp3) is 0.125. The Morgan fingerprint density at radius 2 is 2.27 bits per heavy atom. The van der Waals surface area contributed by atoms with Gasteiger partial charge in [0.25, 0.3) is 0 Å². The molecule has 0 aliphatic rings. The van der Waals surface area contributed by atoms with E-state index < -0.39 is 5.97 Å². The summed E-state index contributed by atoms with van der Waals surface area (Å²) in [5.41, 5.74) is 6.16. The number of halogens is 1. The predicted molar refractivity (Wildman–Crippen MR) is 55.0 cm³/mol. The van der Waals surface area contributed by atoms with Gasteiger partial charge in [0.15, 0.2) is 5.65 Å². The van der Waals surface area contributed by atoms with Crippen molar-refractivity contribution in [2.24, 2.45) is 0 Å². The molecule has 0 unspecified atom stereocenters. The molecule has 2 heterocycles. The molecule has 2 aromatic rings. The van der Waals surface area contributed by atoms with Crippen molar-refractivity contribution in [1.29, 1.82) is 0 Å². The van der Waals surface area contributed by atoms with Gasteiger partial charge in [-0.15, -0.1) is 0 Å². The van der Waals surface area contributed by atoms with E-state index in [1.807, 2.05) is 0 Å². The highest BCUT2D eigenvalue weighted by Crippen LogP contribution is 2.29. The van der Waals surface area contributed by atoms with E-state index in [2.05, 4.69) is 15.2 Å². The largest absolute Gasteiger partial charge is 0.478 e. The van der Waals surface area contributed by atoms with Crippen LogP contribution in [-0.4, -0.2) is 26.3 Å². The minimum atomic E-state index is -1.15. The summed E-state index contributed by atoms with van der Waals surface area (Å²) >= 11 is 5.86. The minimum absolute atomic E-state index is 0.0644. The summed E-state index contributed by atoms with van der Waals surface area (Å²) < 4.78 is 0. The van der Waals surface area contributed by atoms with Crippen LogP contribution in [0.15, 0.2) is 0 Å². The third kappa shape index (κ3) is 1.30. The molecule has 2 aromatic heterocycles. The lowest BCUT2D eigenvalue weighted by molar-refractivity contribution is 0.0699. The summed E-state index contributed by atoms with van der Waals surface area (Å²) in [6.45, 7) is 1.61. The molecular formula is C8H7ClN4O2. The van der Waals surface area contributed by atoms with Crippen molar-refractivity contribution in [2.45, 2.75) is 6.92 Å². The van der Waals surface area contributed by atoms with E-state index in [1.54, 1.807) is 6.92 Å². The van der Waals surface area contributed by atoms with Gasteiger partial charge in [0, 0.05) is 0 Å². The Bertz CT molecular complexity index is 563. The second kappa shape index (κ2) is 3.09. The Morgan fingerprint density at radius 1 is 1.60 bits per heavy atom. The normalized spacial score (nSPS) is 10.8. The number of nitrogen functional groups attached to an aromatic ring is 1. The maximum absolute atomic E-state index is 11.0. The molecule has 0 atom stereocenters. The molecule has 0 fully saturated rings. The number of carboxylic acids is 1. The smallest absolute Gasteiger partial charge is 0.338 e. The molecule has 78 valence electrons. The number of pyridine rings is 1. The van der Waals surface area contributed by atoms with Crippen LogP contribution in [0.4, 0.5) is 5.82 Å². The van der Waals surface area contributed by atoms with Crippen molar-refractivity contribution in [3.8, 4) is 0 Å². The van der Waals surface area contributed by atoms with E-state index in [1.165, 1.54) is 0 Å². The fourth-order valence-electron chi connectivity index (χ4n) is 1.37. The molecule has 4 N–H and O–H groups in total. The molecule has 2 rings (SSSR count). The number of carbonyl (C=O) groups is 1. The molecule has 0 bridgehead atoms. The maximum Gasteiger partial charge on any atom is 0.338 e. The monoisotopic (exact) mass is 226 g/mol. The van der Waals surface area contributed by atoms with Crippen molar-refractivity contribution < 1.29 is 9.90 Å². The lowest BCUT2D eigenvalue weighted by atomic mass is 10.1. The Morgan fingerprint density at radius 3 is 2.87 bits per heavy atom. The minimum Gasteiger partial charge on any atom is -0.478 e. The first-order chi connectivity index (χ1) is 7.02. The number of hydrogen-bond acceptors (Lipinski definition) is 4. The highest BCUT2D eigenvalue weighted by atomic mass is 35.5. The van der Waals surface area contributed by atoms with Gasteiger partial charge in [-0.1, -0.05) is 11.6 Å². The van der Waals surface area contributed by atoms with Gasteiger partial charge in [-0.25, -0.2) is 9.78 Å². The second-order valence-electron chi connectivity index (χ2n) is 3.03. The number of nitrogens with one attached hydrogen (secondary N) is 1. The number of hydrogen-bond donors (Lipinski definition) is 3. The highest BCUT2D eigenvalue weighted by Gasteiger charge is 2.20. The molecule has 15 heavy (non-hydrogen) atoms. The van der Waals surface area contributed by atoms with Gasteiger partial charge < -0.3 is 10.8 Å². The molecular weight excluding hydrogens is 220 g/mol. The summed E-state index contributed by atoms with van der Waals surface area (Å²) in [7, 11) is 0. The fourth-order valence-corrected chi connectivity index (χ4v) is 1.59. The zero-order valence-corrected chi connectivity index (χ0v) is 8.46. The average molecular weight is 227 g/mol. The van der Waals surface area contributed by atoms with Crippen LogP contribution in [0.3, 0.4) is 0 Å². The van der Waals surface area contributed by atoms with Gasteiger partial charge in [-0.05, 0) is 6.92 Å². The number of aromatic amines is 1. The van der Waals surface area contributed by atoms with E-state index in [4.69, 9.17) is 22.4 Å². The first kappa shape index (κ1) is 9.72. The number of carboxylic acid groups (broad SMARTS) is 1. The molecule has 0 radical (unpaired) electrons. The summed E-state index contributed by atoms with van der Waals surface area (Å²) in [5, 5.41) is 15.6. The topological polar surface area (TPSA) is 105 Å². The number of aryl methyl sites for hydroxylation is 1. The zero-order valence-electron chi connectivity index (χ0n) is 7.71. The number of nitrogens with zero attached hydrogens (tertiary/aromatic N) is 2. The van der Waals surface area contributed by atoms with E-state index in [9.17, 15) is 4.79 Å².